The molecule has 172 valence electrons. The number of anilines is 1. The van der Waals surface area contributed by atoms with Crippen molar-refractivity contribution in [3.05, 3.63) is 98.6 Å². The molecule has 1 N–H and O–H groups in total. The van der Waals surface area contributed by atoms with Crippen LogP contribution < -0.4 is 10.1 Å². The molecule has 0 heterocycles. The summed E-state index contributed by atoms with van der Waals surface area (Å²) in [6.45, 7) is 0. The summed E-state index contributed by atoms with van der Waals surface area (Å²) in [7, 11) is 0. The molecular weight excluding hydrogens is 475 g/mol. The van der Waals surface area contributed by atoms with Crippen molar-refractivity contribution in [2.24, 2.45) is 0 Å². The molecule has 0 atom stereocenters. The highest BCUT2D eigenvalue weighted by molar-refractivity contribution is 6.34. The first kappa shape index (κ1) is 24.3. The number of carbonyl (C=O) groups excluding carboxylic acids is 1. The van der Waals surface area contributed by atoms with Crippen LogP contribution >= 0.6 is 11.6 Å². The summed E-state index contributed by atoms with van der Waals surface area (Å²) in [5, 5.41) is 23.4. The zero-order chi connectivity index (χ0) is 24.9. The van der Waals surface area contributed by atoms with Crippen LogP contribution in [0, 0.1) is 21.4 Å². The number of benzene rings is 3. The molecule has 0 saturated carbocycles. The number of hydrogen-bond acceptors (Lipinski definition) is 5. The first-order chi connectivity index (χ1) is 16.1. The summed E-state index contributed by atoms with van der Waals surface area (Å²) in [4.78, 5) is 22.6. The average molecular weight is 488 g/mol. The molecule has 11 heteroatoms. The molecule has 0 unspecified atom stereocenters. The van der Waals surface area contributed by atoms with Crippen LogP contribution in [-0.2, 0) is 11.0 Å². The van der Waals surface area contributed by atoms with Gasteiger partial charge in [0.05, 0.1) is 21.2 Å². The van der Waals surface area contributed by atoms with E-state index in [0.717, 1.165) is 6.07 Å². The Hall–Kier alpha value is -4.36. The first-order valence-corrected chi connectivity index (χ1v) is 9.77. The molecule has 0 bridgehead atoms. The second-order valence-electron chi connectivity index (χ2n) is 6.71. The maximum atomic E-state index is 12.8. The number of nitrogens with one attached hydrogen (secondary N) is 1. The third kappa shape index (κ3) is 5.90. The number of para-hydroxylation sites is 1. The summed E-state index contributed by atoms with van der Waals surface area (Å²) >= 11 is 5.99. The predicted molar refractivity (Wildman–Crippen MR) is 118 cm³/mol. The molecule has 3 rings (SSSR count). The predicted octanol–water partition coefficient (Wildman–Crippen LogP) is 6.60. The lowest BCUT2D eigenvalue weighted by molar-refractivity contribution is -0.385. The number of nitro groups is 1. The topological polar surface area (TPSA) is 105 Å². The summed E-state index contributed by atoms with van der Waals surface area (Å²) in [5.74, 6) is -0.964. The Kier molecular flexibility index (Phi) is 7.18. The van der Waals surface area contributed by atoms with Gasteiger partial charge in [0.15, 0.2) is 0 Å². The van der Waals surface area contributed by atoms with Crippen molar-refractivity contribution in [1.82, 2.24) is 0 Å². The fourth-order valence-corrected chi connectivity index (χ4v) is 2.93. The molecule has 0 aromatic heterocycles. The molecule has 7 nitrogen and oxygen atoms in total. The second-order valence-corrected chi connectivity index (χ2v) is 7.12. The van der Waals surface area contributed by atoms with Crippen molar-refractivity contribution in [2.75, 3.05) is 5.32 Å². The Bertz CT molecular complexity index is 1320. The van der Waals surface area contributed by atoms with Crippen molar-refractivity contribution >= 4 is 35.0 Å². The van der Waals surface area contributed by atoms with Crippen molar-refractivity contribution < 1.29 is 27.6 Å². The second kappa shape index (κ2) is 10.1. The van der Waals surface area contributed by atoms with Crippen LogP contribution in [0.25, 0.3) is 6.08 Å². The molecule has 3 aromatic rings. The van der Waals surface area contributed by atoms with E-state index in [0.29, 0.717) is 28.4 Å². The minimum absolute atomic E-state index is 0.0963. The highest BCUT2D eigenvalue weighted by Crippen LogP contribution is 2.37. The summed E-state index contributed by atoms with van der Waals surface area (Å²) in [6, 6.07) is 15.9. The fraction of sp³-hybridized carbons (Fsp3) is 0.0435. The van der Waals surface area contributed by atoms with Gasteiger partial charge in [0.1, 0.15) is 17.4 Å². The summed E-state index contributed by atoms with van der Waals surface area (Å²) < 4.78 is 43.9. The molecule has 0 aliphatic rings. The van der Waals surface area contributed by atoms with Gasteiger partial charge in [-0.2, -0.15) is 18.4 Å². The Morgan fingerprint density at radius 2 is 1.79 bits per heavy atom. The molecule has 0 fully saturated rings. The third-order valence-electron chi connectivity index (χ3n) is 4.39. The molecule has 0 radical (unpaired) electrons. The molecule has 0 saturated heterocycles. The van der Waals surface area contributed by atoms with Crippen LogP contribution in [0.4, 0.5) is 24.5 Å². The van der Waals surface area contributed by atoms with Gasteiger partial charge in [0.2, 0.25) is 5.75 Å². The number of nitriles is 1. The monoisotopic (exact) mass is 487 g/mol. The molecule has 0 spiro atoms. The van der Waals surface area contributed by atoms with Crippen molar-refractivity contribution in [1.29, 1.82) is 5.26 Å². The highest BCUT2D eigenvalue weighted by Gasteiger charge is 2.33. The normalized spacial score (nSPS) is 11.4. The largest absolute Gasteiger partial charge is 0.450 e. The number of nitro benzene ring substituents is 1. The molecular formula is C23H13ClF3N3O4. The van der Waals surface area contributed by atoms with Crippen LogP contribution in [-0.4, -0.2) is 10.8 Å². The SMILES string of the molecule is N#C/C(=C\c1ccc(Oc2ccc(C(F)(F)F)cc2[N+](=O)[O-])cc1)C(=O)Nc1ccccc1Cl. The van der Waals surface area contributed by atoms with Gasteiger partial charge in [-0.25, -0.2) is 0 Å². The lowest BCUT2D eigenvalue weighted by atomic mass is 10.1. The van der Waals surface area contributed by atoms with Crippen LogP contribution in [0.15, 0.2) is 72.3 Å². The van der Waals surface area contributed by atoms with Gasteiger partial charge < -0.3 is 10.1 Å². The van der Waals surface area contributed by atoms with E-state index in [-0.39, 0.29) is 17.1 Å². The van der Waals surface area contributed by atoms with E-state index in [1.165, 1.54) is 30.3 Å². The number of hydrogen-bond donors (Lipinski definition) is 1. The van der Waals surface area contributed by atoms with Crippen molar-refractivity contribution in [3.63, 3.8) is 0 Å². The molecule has 1 amide bonds. The lowest BCUT2D eigenvalue weighted by Crippen LogP contribution is -2.13. The van der Waals surface area contributed by atoms with E-state index in [1.807, 2.05) is 0 Å². The van der Waals surface area contributed by atoms with Crippen LogP contribution in [0.2, 0.25) is 5.02 Å². The van der Waals surface area contributed by atoms with Gasteiger partial charge in [-0.3, -0.25) is 14.9 Å². The lowest BCUT2D eigenvalue weighted by Gasteiger charge is -2.10. The smallest absolute Gasteiger partial charge is 0.416 e. The molecule has 0 aliphatic heterocycles. The molecule has 3 aromatic carbocycles. The Morgan fingerprint density at radius 3 is 2.38 bits per heavy atom. The molecule has 34 heavy (non-hydrogen) atoms. The number of alkyl halides is 3. The summed E-state index contributed by atoms with van der Waals surface area (Å²) in [5.41, 5.74) is -1.47. The number of amides is 1. The van der Waals surface area contributed by atoms with E-state index < -0.39 is 28.3 Å². The van der Waals surface area contributed by atoms with Crippen molar-refractivity contribution in [2.45, 2.75) is 6.18 Å². The zero-order valence-corrected chi connectivity index (χ0v) is 17.7. The van der Waals surface area contributed by atoms with E-state index >= 15 is 0 Å². The fourth-order valence-electron chi connectivity index (χ4n) is 2.75. The van der Waals surface area contributed by atoms with E-state index in [2.05, 4.69) is 5.32 Å². The average Bonchev–Trinajstić information content (AvgIpc) is 2.79. The van der Waals surface area contributed by atoms with E-state index in [9.17, 15) is 33.3 Å². The van der Waals surface area contributed by atoms with Gasteiger partial charge in [0.25, 0.3) is 5.91 Å². The Balaban J connectivity index is 1.79. The molecule has 0 aliphatic carbocycles. The number of rotatable bonds is 6. The van der Waals surface area contributed by atoms with Gasteiger partial charge in [0, 0.05) is 6.07 Å². The van der Waals surface area contributed by atoms with E-state index in [1.54, 1.807) is 30.3 Å². The minimum atomic E-state index is -4.74. The third-order valence-corrected chi connectivity index (χ3v) is 4.72. The first-order valence-electron chi connectivity index (χ1n) is 9.39. The number of ether oxygens (including phenoxy) is 1. The standard InChI is InChI=1S/C23H13ClF3N3O4/c24-18-3-1-2-4-19(18)29-22(31)15(13-28)11-14-5-8-17(9-6-14)34-21-10-7-16(23(25,26)27)12-20(21)30(32)33/h1-12H,(H,29,31)/b15-11+. The van der Waals surface area contributed by atoms with Crippen LogP contribution in [0.3, 0.4) is 0 Å². The van der Waals surface area contributed by atoms with E-state index in [4.69, 9.17) is 16.3 Å². The maximum Gasteiger partial charge on any atom is 0.416 e. The highest BCUT2D eigenvalue weighted by atomic mass is 35.5. The Morgan fingerprint density at radius 1 is 1.12 bits per heavy atom. The zero-order valence-electron chi connectivity index (χ0n) is 17.0. The number of halogens is 4. The maximum absolute atomic E-state index is 12.8. The van der Waals surface area contributed by atoms with Gasteiger partial charge >= 0.3 is 11.9 Å². The number of nitrogens with zero attached hydrogens (tertiary/aromatic N) is 2. The van der Waals surface area contributed by atoms with Gasteiger partial charge in [-0.15, -0.1) is 0 Å². The number of carbonyl (C=O) groups is 1. The van der Waals surface area contributed by atoms with Gasteiger partial charge in [-0.1, -0.05) is 35.9 Å². The van der Waals surface area contributed by atoms with Crippen LogP contribution in [0.1, 0.15) is 11.1 Å². The quantitative estimate of drug-likeness (QED) is 0.182. The summed E-state index contributed by atoms with van der Waals surface area (Å²) in [6.07, 6.45) is -3.44. The van der Waals surface area contributed by atoms with Gasteiger partial charge in [-0.05, 0) is 48.0 Å². The minimum Gasteiger partial charge on any atom is -0.450 e. The van der Waals surface area contributed by atoms with Crippen molar-refractivity contribution in [3.8, 4) is 17.6 Å². The van der Waals surface area contributed by atoms with Crippen LogP contribution in [0.5, 0.6) is 11.5 Å². The Labute approximate surface area is 195 Å².